The first-order chi connectivity index (χ1) is 16.0. The minimum Gasteiger partial charge on any atom is -0.478 e. The van der Waals surface area contributed by atoms with Gasteiger partial charge in [-0.3, -0.25) is 0 Å². The van der Waals surface area contributed by atoms with Crippen molar-refractivity contribution in [2.45, 2.75) is 40.4 Å². The summed E-state index contributed by atoms with van der Waals surface area (Å²) in [5, 5.41) is 17.7. The van der Waals surface area contributed by atoms with Gasteiger partial charge in [0, 0.05) is 14.7 Å². The third kappa shape index (κ3) is 10.4. The topological polar surface area (TPSA) is 74.6 Å². The Balaban J connectivity index is 0.000000321. The Morgan fingerprint density at radius 1 is 0.636 bits per heavy atom. The van der Waals surface area contributed by atoms with E-state index in [1.165, 1.54) is 36.0 Å². The fraction of sp³-hybridized carbons (Fsp3) is 0.231. The first kappa shape index (κ1) is 26.9. The lowest BCUT2D eigenvalue weighted by atomic mass is 10.2. The van der Waals surface area contributed by atoms with E-state index < -0.39 is 11.9 Å². The SMILES string of the molecule is O=C(O)c1ccccc1S.O=C(O)c1ccccc1SCCCCCCSc1ccccc1. The molecule has 0 heterocycles. The molecule has 0 amide bonds. The second-order valence-corrected chi connectivity index (χ2v) is 9.83. The van der Waals surface area contributed by atoms with E-state index in [2.05, 4.69) is 36.9 Å². The molecule has 0 aliphatic carbocycles. The number of carbonyl (C=O) groups is 2. The quantitative estimate of drug-likeness (QED) is 0.144. The van der Waals surface area contributed by atoms with Gasteiger partial charge >= 0.3 is 11.9 Å². The summed E-state index contributed by atoms with van der Waals surface area (Å²) in [6, 6.07) is 24.3. The fourth-order valence-electron chi connectivity index (χ4n) is 2.87. The maximum Gasteiger partial charge on any atom is 0.336 e. The van der Waals surface area contributed by atoms with Crippen LogP contribution in [-0.2, 0) is 0 Å². The van der Waals surface area contributed by atoms with Crippen molar-refractivity contribution < 1.29 is 19.8 Å². The van der Waals surface area contributed by atoms with Crippen LogP contribution in [0.1, 0.15) is 46.4 Å². The van der Waals surface area contributed by atoms with Crippen molar-refractivity contribution in [1.82, 2.24) is 0 Å². The molecule has 0 aliphatic rings. The number of carboxylic acids is 2. The van der Waals surface area contributed by atoms with Gasteiger partial charge in [0.1, 0.15) is 0 Å². The molecule has 3 rings (SSSR count). The summed E-state index contributed by atoms with van der Waals surface area (Å²) in [5.41, 5.74) is 0.655. The summed E-state index contributed by atoms with van der Waals surface area (Å²) in [5.74, 6) is 0.367. The van der Waals surface area contributed by atoms with E-state index in [1.54, 1.807) is 42.1 Å². The van der Waals surface area contributed by atoms with E-state index in [-0.39, 0.29) is 5.56 Å². The van der Waals surface area contributed by atoms with E-state index in [9.17, 15) is 9.59 Å². The number of aromatic carboxylic acids is 2. The Morgan fingerprint density at radius 3 is 1.73 bits per heavy atom. The van der Waals surface area contributed by atoms with Gasteiger partial charge in [0.25, 0.3) is 0 Å². The maximum atomic E-state index is 11.1. The van der Waals surface area contributed by atoms with Gasteiger partial charge < -0.3 is 10.2 Å². The van der Waals surface area contributed by atoms with Crippen LogP contribution in [0.5, 0.6) is 0 Å². The molecule has 3 aromatic carbocycles. The predicted molar refractivity (Wildman–Crippen MR) is 140 cm³/mol. The molecule has 0 radical (unpaired) electrons. The molecule has 0 saturated heterocycles. The molecule has 4 nitrogen and oxygen atoms in total. The molecule has 3 aromatic rings. The third-order valence-corrected chi connectivity index (χ3v) is 7.21. The molecule has 0 saturated carbocycles. The standard InChI is InChI=1S/C19H22O2S2.C7H6O2S/c20-19(21)17-12-6-7-13-18(17)23-15-9-2-1-8-14-22-16-10-4-3-5-11-16;8-7(9)5-3-1-2-4-6(5)10/h3-7,10-13H,1-2,8-9,14-15H2,(H,20,21);1-4,10H,(H,8,9). The minimum absolute atomic E-state index is 0.242. The highest BCUT2D eigenvalue weighted by molar-refractivity contribution is 7.99. The van der Waals surface area contributed by atoms with Crippen molar-refractivity contribution >= 4 is 48.1 Å². The Bertz CT molecular complexity index is 1010. The van der Waals surface area contributed by atoms with Crippen LogP contribution in [-0.4, -0.2) is 33.7 Å². The number of hydrogen-bond donors (Lipinski definition) is 3. The van der Waals surface area contributed by atoms with Gasteiger partial charge in [-0.1, -0.05) is 55.3 Å². The molecular formula is C26H28O4S3. The van der Waals surface area contributed by atoms with Gasteiger partial charge in [0.15, 0.2) is 0 Å². The van der Waals surface area contributed by atoms with Crippen LogP contribution in [0, 0.1) is 0 Å². The van der Waals surface area contributed by atoms with Crippen molar-refractivity contribution in [1.29, 1.82) is 0 Å². The molecule has 174 valence electrons. The number of benzene rings is 3. The van der Waals surface area contributed by atoms with E-state index in [0.717, 1.165) is 17.1 Å². The van der Waals surface area contributed by atoms with Crippen molar-refractivity contribution in [3.8, 4) is 0 Å². The van der Waals surface area contributed by atoms with E-state index >= 15 is 0 Å². The van der Waals surface area contributed by atoms with Crippen LogP contribution in [0.15, 0.2) is 93.5 Å². The number of unbranched alkanes of at least 4 members (excludes halogenated alkanes) is 3. The molecule has 0 unspecified atom stereocenters. The maximum absolute atomic E-state index is 11.1. The third-order valence-electron chi connectivity index (χ3n) is 4.56. The van der Waals surface area contributed by atoms with E-state index in [1.807, 2.05) is 30.0 Å². The molecule has 0 aliphatic heterocycles. The molecule has 7 heteroatoms. The van der Waals surface area contributed by atoms with Crippen LogP contribution in [0.2, 0.25) is 0 Å². The van der Waals surface area contributed by atoms with E-state index in [4.69, 9.17) is 10.2 Å². The monoisotopic (exact) mass is 500 g/mol. The average molecular weight is 501 g/mol. The Labute approximate surface area is 209 Å². The molecule has 0 atom stereocenters. The normalized spacial score (nSPS) is 10.2. The van der Waals surface area contributed by atoms with Gasteiger partial charge in [0.2, 0.25) is 0 Å². The zero-order valence-corrected chi connectivity index (χ0v) is 20.8. The number of thioether (sulfide) groups is 2. The lowest BCUT2D eigenvalue weighted by Gasteiger charge is -2.05. The number of rotatable bonds is 11. The first-order valence-electron chi connectivity index (χ1n) is 10.6. The van der Waals surface area contributed by atoms with Gasteiger partial charge in [-0.15, -0.1) is 36.2 Å². The van der Waals surface area contributed by atoms with Crippen LogP contribution < -0.4 is 0 Å². The van der Waals surface area contributed by atoms with Crippen molar-refractivity contribution in [3.63, 3.8) is 0 Å². The average Bonchev–Trinajstić information content (AvgIpc) is 2.82. The second-order valence-electron chi connectivity index (χ2n) is 7.05. The van der Waals surface area contributed by atoms with E-state index in [0.29, 0.717) is 10.5 Å². The highest BCUT2D eigenvalue weighted by atomic mass is 32.2. The Morgan fingerprint density at radius 2 is 1.15 bits per heavy atom. The number of thiol groups is 1. The van der Waals surface area contributed by atoms with Crippen molar-refractivity contribution in [2.75, 3.05) is 11.5 Å². The summed E-state index contributed by atoms with van der Waals surface area (Å²) in [4.78, 5) is 24.2. The van der Waals surface area contributed by atoms with Crippen LogP contribution in [0.3, 0.4) is 0 Å². The van der Waals surface area contributed by atoms with Gasteiger partial charge in [-0.05, 0) is 60.7 Å². The van der Waals surface area contributed by atoms with Crippen molar-refractivity contribution in [2.24, 2.45) is 0 Å². The van der Waals surface area contributed by atoms with Gasteiger partial charge in [-0.25, -0.2) is 9.59 Å². The summed E-state index contributed by atoms with van der Waals surface area (Å²) in [6.07, 6.45) is 4.81. The predicted octanol–water partition coefficient (Wildman–Crippen LogP) is 7.50. The zero-order valence-electron chi connectivity index (χ0n) is 18.2. The lowest BCUT2D eigenvalue weighted by Crippen LogP contribution is -1.98. The minimum atomic E-state index is -0.939. The number of carboxylic acid groups (broad SMARTS) is 2. The Hall–Kier alpha value is -2.35. The summed E-state index contributed by atoms with van der Waals surface area (Å²) >= 11 is 7.52. The lowest BCUT2D eigenvalue weighted by molar-refractivity contribution is 0.0682. The summed E-state index contributed by atoms with van der Waals surface area (Å²) < 4.78 is 0. The molecular weight excluding hydrogens is 472 g/mol. The summed E-state index contributed by atoms with van der Waals surface area (Å²) in [6.45, 7) is 0. The molecule has 0 bridgehead atoms. The molecule has 2 N–H and O–H groups in total. The summed E-state index contributed by atoms with van der Waals surface area (Å²) in [7, 11) is 0. The molecule has 0 fully saturated rings. The highest BCUT2D eigenvalue weighted by Gasteiger charge is 2.08. The number of hydrogen-bond acceptors (Lipinski definition) is 5. The second kappa shape index (κ2) is 15.5. The Kier molecular flexibility index (Phi) is 12.6. The molecule has 0 aromatic heterocycles. The van der Waals surface area contributed by atoms with Crippen LogP contribution in [0.4, 0.5) is 0 Å². The van der Waals surface area contributed by atoms with Crippen molar-refractivity contribution in [3.05, 3.63) is 90.0 Å². The molecule has 0 spiro atoms. The van der Waals surface area contributed by atoms with Crippen LogP contribution >= 0.6 is 36.2 Å². The van der Waals surface area contributed by atoms with Gasteiger partial charge in [0.05, 0.1) is 11.1 Å². The zero-order chi connectivity index (χ0) is 23.9. The highest BCUT2D eigenvalue weighted by Crippen LogP contribution is 2.24. The van der Waals surface area contributed by atoms with Crippen LogP contribution in [0.25, 0.3) is 0 Å². The first-order valence-corrected chi connectivity index (χ1v) is 13.0. The van der Waals surface area contributed by atoms with Gasteiger partial charge in [-0.2, -0.15) is 0 Å². The smallest absolute Gasteiger partial charge is 0.336 e. The largest absolute Gasteiger partial charge is 0.478 e. The fourth-order valence-corrected chi connectivity index (χ4v) is 5.11. The molecule has 33 heavy (non-hydrogen) atoms.